The summed E-state index contributed by atoms with van der Waals surface area (Å²) in [6.07, 6.45) is 1.93. The molecule has 4 fully saturated rings. The molecule has 0 aromatic heterocycles. The van der Waals surface area contributed by atoms with E-state index in [9.17, 15) is 22.8 Å². The molecule has 158 valence electrons. The van der Waals surface area contributed by atoms with Gasteiger partial charge in [0.05, 0.1) is 12.7 Å². The second-order valence-corrected chi connectivity index (χ2v) is 9.15. The molecule has 4 saturated carbocycles. The second-order valence-electron chi connectivity index (χ2n) is 9.15. The molecule has 29 heavy (non-hydrogen) atoms. The predicted octanol–water partition coefficient (Wildman–Crippen LogP) is 4.12. The number of ether oxygens (including phenoxy) is 1. The number of methoxy groups -OCH3 is 1. The number of hydrogen-bond acceptors (Lipinski definition) is 3. The van der Waals surface area contributed by atoms with Gasteiger partial charge >= 0.3 is 12.1 Å². The third-order valence-corrected chi connectivity index (χ3v) is 7.03. The molecular weight excluding hydrogens is 383 g/mol. The van der Waals surface area contributed by atoms with Crippen molar-refractivity contribution in [2.45, 2.75) is 57.2 Å². The predicted molar refractivity (Wildman–Crippen MR) is 99.7 cm³/mol. The Kier molecular flexibility index (Phi) is 5.11. The highest BCUT2D eigenvalue weighted by Crippen LogP contribution is 2.60. The Bertz CT molecular complexity index is 752. The van der Waals surface area contributed by atoms with Gasteiger partial charge in [-0.25, -0.2) is 4.79 Å². The van der Waals surface area contributed by atoms with Crippen molar-refractivity contribution in [1.29, 1.82) is 0 Å². The van der Waals surface area contributed by atoms with Crippen molar-refractivity contribution in [2.24, 2.45) is 23.2 Å². The maximum atomic E-state index is 13.2. The van der Waals surface area contributed by atoms with E-state index in [2.05, 4.69) is 5.32 Å². The molecule has 7 heteroatoms. The SMILES string of the molecule is COC(=O)[C@H](Cc1ccc(C(F)(F)F)cc1)NC(=O)C12CC3CC(CC(C3)C1)C2. The highest BCUT2D eigenvalue weighted by atomic mass is 19.4. The first kappa shape index (κ1) is 20.2. The molecule has 1 aromatic rings. The van der Waals surface area contributed by atoms with Crippen molar-refractivity contribution in [2.75, 3.05) is 7.11 Å². The van der Waals surface area contributed by atoms with Crippen molar-refractivity contribution in [3.63, 3.8) is 0 Å². The summed E-state index contributed by atoms with van der Waals surface area (Å²) in [5, 5.41) is 2.88. The Morgan fingerprint density at radius 3 is 2.03 bits per heavy atom. The number of benzene rings is 1. The van der Waals surface area contributed by atoms with Gasteiger partial charge in [-0.05, 0) is 74.0 Å². The molecule has 0 saturated heterocycles. The van der Waals surface area contributed by atoms with Crippen LogP contribution in [0.5, 0.6) is 0 Å². The highest BCUT2D eigenvalue weighted by Gasteiger charge is 2.55. The summed E-state index contributed by atoms with van der Waals surface area (Å²) in [6.45, 7) is 0. The molecule has 0 aliphatic heterocycles. The number of carbonyl (C=O) groups is 2. The monoisotopic (exact) mass is 409 g/mol. The summed E-state index contributed by atoms with van der Waals surface area (Å²) >= 11 is 0. The number of rotatable bonds is 5. The lowest BCUT2D eigenvalue weighted by Crippen LogP contribution is -2.56. The second kappa shape index (κ2) is 7.33. The molecule has 1 atom stereocenters. The van der Waals surface area contributed by atoms with E-state index in [4.69, 9.17) is 4.74 Å². The van der Waals surface area contributed by atoms with Gasteiger partial charge in [0.2, 0.25) is 5.91 Å². The van der Waals surface area contributed by atoms with E-state index in [1.54, 1.807) is 0 Å². The van der Waals surface area contributed by atoms with Crippen molar-refractivity contribution in [3.8, 4) is 0 Å². The van der Waals surface area contributed by atoms with E-state index in [-0.39, 0.29) is 12.3 Å². The third-order valence-electron chi connectivity index (χ3n) is 7.03. The van der Waals surface area contributed by atoms with Crippen LogP contribution >= 0.6 is 0 Å². The summed E-state index contributed by atoms with van der Waals surface area (Å²) < 4.78 is 43.1. The summed E-state index contributed by atoms with van der Waals surface area (Å²) in [6, 6.07) is 3.76. The van der Waals surface area contributed by atoms with E-state index in [0.717, 1.165) is 31.4 Å². The van der Waals surface area contributed by atoms with Crippen LogP contribution in [-0.4, -0.2) is 25.0 Å². The zero-order valence-electron chi connectivity index (χ0n) is 16.4. The first-order chi connectivity index (χ1) is 13.7. The highest BCUT2D eigenvalue weighted by molar-refractivity contribution is 5.88. The normalized spacial score (nSPS) is 31.4. The minimum atomic E-state index is -4.41. The number of halogens is 3. The maximum absolute atomic E-state index is 13.2. The maximum Gasteiger partial charge on any atom is 0.416 e. The summed E-state index contributed by atoms with van der Waals surface area (Å²) in [4.78, 5) is 25.5. The van der Waals surface area contributed by atoms with Gasteiger partial charge in [0, 0.05) is 11.8 Å². The van der Waals surface area contributed by atoms with Crippen molar-refractivity contribution in [1.82, 2.24) is 5.32 Å². The first-order valence-electron chi connectivity index (χ1n) is 10.2. The van der Waals surface area contributed by atoms with Gasteiger partial charge in [-0.1, -0.05) is 12.1 Å². The largest absolute Gasteiger partial charge is 0.467 e. The first-order valence-corrected chi connectivity index (χ1v) is 10.2. The fourth-order valence-electron chi connectivity index (χ4n) is 6.10. The Balaban J connectivity index is 1.48. The van der Waals surface area contributed by atoms with Crippen molar-refractivity contribution in [3.05, 3.63) is 35.4 Å². The minimum absolute atomic E-state index is 0.0982. The Labute approximate surface area is 168 Å². The number of esters is 1. The van der Waals surface area contributed by atoms with Crippen molar-refractivity contribution < 1.29 is 27.5 Å². The number of alkyl halides is 3. The van der Waals surface area contributed by atoms with Gasteiger partial charge in [0.25, 0.3) is 0 Å². The molecule has 0 heterocycles. The van der Waals surface area contributed by atoms with E-state index in [1.165, 1.54) is 38.5 Å². The van der Waals surface area contributed by atoms with Gasteiger partial charge in [-0.2, -0.15) is 13.2 Å². The van der Waals surface area contributed by atoms with E-state index in [0.29, 0.717) is 23.3 Å². The fraction of sp³-hybridized carbons (Fsp3) is 0.636. The van der Waals surface area contributed by atoms with Crippen LogP contribution in [0.1, 0.15) is 49.7 Å². The summed E-state index contributed by atoms with van der Waals surface area (Å²) in [5.41, 5.74) is -0.603. The average molecular weight is 409 g/mol. The number of carbonyl (C=O) groups excluding carboxylic acids is 2. The smallest absolute Gasteiger partial charge is 0.416 e. The van der Waals surface area contributed by atoms with Crippen molar-refractivity contribution >= 4 is 11.9 Å². The van der Waals surface area contributed by atoms with Gasteiger partial charge in [-0.3, -0.25) is 4.79 Å². The van der Waals surface area contributed by atoms with Crippen LogP contribution in [-0.2, 0) is 26.9 Å². The van der Waals surface area contributed by atoms with Crippen LogP contribution in [0, 0.1) is 23.2 Å². The van der Waals surface area contributed by atoms with Crippen LogP contribution in [0.3, 0.4) is 0 Å². The molecule has 1 N–H and O–H groups in total. The molecule has 5 rings (SSSR count). The standard InChI is InChI=1S/C22H26F3NO3/c1-29-19(27)18(9-13-2-4-17(5-3-13)22(23,24)25)26-20(28)21-10-14-6-15(11-21)8-16(7-14)12-21/h2-5,14-16,18H,6-12H2,1H3,(H,26,28)/t14?,15?,16?,18-,21?/m0/s1. The molecule has 0 radical (unpaired) electrons. The molecule has 1 aromatic carbocycles. The van der Waals surface area contributed by atoms with Gasteiger partial charge < -0.3 is 10.1 Å². The van der Waals surface area contributed by atoms with Crippen LogP contribution in [0.4, 0.5) is 13.2 Å². The van der Waals surface area contributed by atoms with E-state index in [1.807, 2.05) is 0 Å². The van der Waals surface area contributed by atoms with Crippen LogP contribution < -0.4 is 5.32 Å². The van der Waals surface area contributed by atoms with Gasteiger partial charge in [-0.15, -0.1) is 0 Å². The average Bonchev–Trinajstić information content (AvgIpc) is 2.65. The number of nitrogens with one attached hydrogen (secondary N) is 1. The molecule has 4 nitrogen and oxygen atoms in total. The Morgan fingerprint density at radius 1 is 1.07 bits per heavy atom. The molecule has 4 aliphatic carbocycles. The Morgan fingerprint density at radius 2 is 1.59 bits per heavy atom. The van der Waals surface area contributed by atoms with Crippen LogP contribution in [0.25, 0.3) is 0 Å². The summed E-state index contributed by atoms with van der Waals surface area (Å²) in [5.74, 6) is 1.11. The molecule has 4 bridgehead atoms. The Hall–Kier alpha value is -2.05. The summed E-state index contributed by atoms with van der Waals surface area (Å²) in [7, 11) is 1.25. The topological polar surface area (TPSA) is 55.4 Å². The number of amides is 1. The molecule has 0 unspecified atom stereocenters. The lowest BCUT2D eigenvalue weighted by atomic mass is 9.49. The zero-order valence-corrected chi connectivity index (χ0v) is 16.4. The molecule has 0 spiro atoms. The van der Waals surface area contributed by atoms with Gasteiger partial charge in [0.15, 0.2) is 0 Å². The van der Waals surface area contributed by atoms with Crippen LogP contribution in [0.15, 0.2) is 24.3 Å². The molecular formula is C22H26F3NO3. The quantitative estimate of drug-likeness (QED) is 0.745. The zero-order chi connectivity index (χ0) is 20.8. The molecule has 1 amide bonds. The molecule has 4 aliphatic rings. The van der Waals surface area contributed by atoms with E-state index < -0.39 is 29.2 Å². The minimum Gasteiger partial charge on any atom is -0.467 e. The van der Waals surface area contributed by atoms with Crippen LogP contribution in [0.2, 0.25) is 0 Å². The fourth-order valence-corrected chi connectivity index (χ4v) is 6.10. The lowest BCUT2D eigenvalue weighted by molar-refractivity contribution is -0.152. The van der Waals surface area contributed by atoms with E-state index >= 15 is 0 Å². The number of hydrogen-bond donors (Lipinski definition) is 1. The third kappa shape index (κ3) is 4.01. The van der Waals surface area contributed by atoms with Gasteiger partial charge in [0.1, 0.15) is 6.04 Å². The lowest BCUT2D eigenvalue weighted by Gasteiger charge is -2.55.